The number of unbranched alkanes of at least 4 members (excludes halogenated alkanes) is 1. The van der Waals surface area contributed by atoms with Crippen molar-refractivity contribution in [2.75, 3.05) is 23.8 Å². The fourth-order valence-electron chi connectivity index (χ4n) is 2.26. The number of hydrogen-bond acceptors (Lipinski definition) is 5. The maximum Gasteiger partial charge on any atom is 0.247 e. The molecule has 0 spiro atoms. The third-order valence-corrected chi connectivity index (χ3v) is 3.58. The number of benzene rings is 1. The van der Waals surface area contributed by atoms with Crippen LogP contribution in [0, 0.1) is 0 Å². The topological polar surface area (TPSA) is 53.9 Å². The molecule has 0 aliphatic rings. The van der Waals surface area contributed by atoms with Crippen LogP contribution in [0.1, 0.15) is 45.1 Å². The second-order valence-electron chi connectivity index (χ2n) is 5.78. The average Bonchev–Trinajstić information content (AvgIpc) is 2.53. The van der Waals surface area contributed by atoms with Gasteiger partial charge in [0.05, 0.1) is 6.20 Å². The normalized spacial score (nSPS) is 10.8. The highest BCUT2D eigenvalue weighted by atomic mass is 15.3. The van der Waals surface area contributed by atoms with Crippen LogP contribution in [0.2, 0.25) is 0 Å². The van der Waals surface area contributed by atoms with Gasteiger partial charge in [-0.05, 0) is 24.0 Å². The number of aromatic nitrogens is 3. The van der Waals surface area contributed by atoms with Crippen molar-refractivity contribution in [1.82, 2.24) is 15.2 Å². The van der Waals surface area contributed by atoms with Crippen molar-refractivity contribution in [3.63, 3.8) is 0 Å². The summed E-state index contributed by atoms with van der Waals surface area (Å²) in [6, 6.07) is 8.29. The Hall–Kier alpha value is -2.17. The van der Waals surface area contributed by atoms with Gasteiger partial charge in [-0.1, -0.05) is 45.4 Å². The van der Waals surface area contributed by atoms with Crippen LogP contribution in [0.5, 0.6) is 0 Å². The molecule has 1 aromatic carbocycles. The third-order valence-electron chi connectivity index (χ3n) is 3.58. The minimum atomic E-state index is 0.449. The molecule has 0 fully saturated rings. The molecule has 0 aliphatic carbocycles. The second-order valence-corrected chi connectivity index (χ2v) is 5.78. The lowest BCUT2D eigenvalue weighted by Gasteiger charge is -2.17. The van der Waals surface area contributed by atoms with E-state index in [-0.39, 0.29) is 0 Å². The van der Waals surface area contributed by atoms with Crippen molar-refractivity contribution in [1.29, 1.82) is 0 Å². The van der Waals surface area contributed by atoms with Gasteiger partial charge in [0.2, 0.25) is 5.95 Å². The third kappa shape index (κ3) is 4.16. The van der Waals surface area contributed by atoms with Crippen molar-refractivity contribution in [3.8, 4) is 0 Å². The molecule has 0 saturated heterocycles. The lowest BCUT2D eigenvalue weighted by atomic mass is 10.0. The van der Waals surface area contributed by atoms with Crippen LogP contribution in [0.3, 0.4) is 0 Å². The van der Waals surface area contributed by atoms with Crippen LogP contribution in [0.4, 0.5) is 17.5 Å². The quantitative estimate of drug-likeness (QED) is 0.838. The van der Waals surface area contributed by atoms with E-state index in [1.807, 2.05) is 18.0 Å². The van der Waals surface area contributed by atoms with Crippen LogP contribution in [0.15, 0.2) is 30.5 Å². The van der Waals surface area contributed by atoms with E-state index in [0.717, 1.165) is 30.9 Å². The monoisotopic (exact) mass is 299 g/mol. The van der Waals surface area contributed by atoms with Crippen LogP contribution in [-0.2, 0) is 0 Å². The first-order valence-corrected chi connectivity index (χ1v) is 7.88. The summed E-state index contributed by atoms with van der Waals surface area (Å²) in [4.78, 5) is 6.60. The Labute approximate surface area is 132 Å². The Kier molecular flexibility index (Phi) is 5.69. The van der Waals surface area contributed by atoms with E-state index >= 15 is 0 Å². The van der Waals surface area contributed by atoms with E-state index in [9.17, 15) is 0 Å². The molecule has 5 nitrogen and oxygen atoms in total. The van der Waals surface area contributed by atoms with Gasteiger partial charge >= 0.3 is 0 Å². The molecule has 0 saturated carbocycles. The molecule has 0 atom stereocenters. The first kappa shape index (κ1) is 16.2. The summed E-state index contributed by atoms with van der Waals surface area (Å²) in [6.07, 6.45) is 3.93. The van der Waals surface area contributed by atoms with Crippen molar-refractivity contribution >= 4 is 17.5 Å². The Bertz CT molecular complexity index is 597. The molecule has 1 heterocycles. The molecule has 2 aromatic rings. The number of para-hydroxylation sites is 1. The number of rotatable bonds is 7. The van der Waals surface area contributed by atoms with Gasteiger partial charge in [-0.15, -0.1) is 5.10 Å². The van der Waals surface area contributed by atoms with E-state index in [2.05, 4.69) is 59.5 Å². The standard InChI is InChI=1S/C17H25N5/c1-5-6-11-22(4)17-20-16(12-18-21-17)19-15-10-8-7-9-14(15)13(2)3/h7-10,12-13H,5-6,11H2,1-4H3,(H,19,20,21). The zero-order chi connectivity index (χ0) is 15.9. The molecule has 118 valence electrons. The van der Waals surface area contributed by atoms with E-state index in [0.29, 0.717) is 11.9 Å². The molecule has 0 amide bonds. The molecule has 2 rings (SSSR count). The fourth-order valence-corrected chi connectivity index (χ4v) is 2.26. The van der Waals surface area contributed by atoms with Crippen molar-refractivity contribution in [2.24, 2.45) is 0 Å². The lowest BCUT2D eigenvalue weighted by Crippen LogP contribution is -2.21. The van der Waals surface area contributed by atoms with Crippen molar-refractivity contribution < 1.29 is 0 Å². The van der Waals surface area contributed by atoms with Gasteiger partial charge in [-0.25, -0.2) is 0 Å². The molecule has 0 bridgehead atoms. The van der Waals surface area contributed by atoms with Crippen molar-refractivity contribution in [2.45, 2.75) is 39.5 Å². The number of nitrogens with zero attached hydrogens (tertiary/aromatic N) is 4. The van der Waals surface area contributed by atoms with Crippen LogP contribution in [0.25, 0.3) is 0 Å². The molecule has 1 N–H and O–H groups in total. The Morgan fingerprint density at radius 3 is 2.73 bits per heavy atom. The highest BCUT2D eigenvalue weighted by Gasteiger charge is 2.09. The molecule has 1 aromatic heterocycles. The van der Waals surface area contributed by atoms with Crippen molar-refractivity contribution in [3.05, 3.63) is 36.0 Å². The first-order chi connectivity index (χ1) is 10.6. The molecular weight excluding hydrogens is 274 g/mol. The molecule has 0 unspecified atom stereocenters. The summed E-state index contributed by atoms with van der Waals surface area (Å²) < 4.78 is 0. The lowest BCUT2D eigenvalue weighted by molar-refractivity contribution is 0.741. The SMILES string of the molecule is CCCCN(C)c1nncc(Nc2ccccc2C(C)C)n1. The molecule has 0 aliphatic heterocycles. The molecular formula is C17H25N5. The highest BCUT2D eigenvalue weighted by molar-refractivity contribution is 5.61. The summed E-state index contributed by atoms with van der Waals surface area (Å²) in [5.74, 6) is 1.83. The second kappa shape index (κ2) is 7.73. The van der Waals surface area contributed by atoms with Gasteiger partial charge in [0.25, 0.3) is 0 Å². The zero-order valence-corrected chi connectivity index (χ0v) is 13.9. The van der Waals surface area contributed by atoms with Crippen LogP contribution >= 0.6 is 0 Å². The molecule has 22 heavy (non-hydrogen) atoms. The van der Waals surface area contributed by atoms with E-state index in [1.54, 1.807) is 6.20 Å². The maximum absolute atomic E-state index is 4.56. The largest absolute Gasteiger partial charge is 0.343 e. The van der Waals surface area contributed by atoms with Gasteiger partial charge in [0.15, 0.2) is 5.82 Å². The summed E-state index contributed by atoms with van der Waals surface area (Å²) in [7, 11) is 2.00. The van der Waals surface area contributed by atoms with Gasteiger partial charge in [-0.3, -0.25) is 0 Å². The number of hydrogen-bond donors (Lipinski definition) is 1. The summed E-state index contributed by atoms with van der Waals surface area (Å²) in [5.41, 5.74) is 2.34. The minimum Gasteiger partial charge on any atom is -0.343 e. The van der Waals surface area contributed by atoms with E-state index in [1.165, 1.54) is 5.56 Å². The Balaban J connectivity index is 2.17. The fraction of sp³-hybridized carbons (Fsp3) is 0.471. The first-order valence-electron chi connectivity index (χ1n) is 7.88. The zero-order valence-electron chi connectivity index (χ0n) is 13.9. The maximum atomic E-state index is 4.56. The number of nitrogens with one attached hydrogen (secondary N) is 1. The predicted octanol–water partition coefficient (Wildman–Crippen LogP) is 3.97. The highest BCUT2D eigenvalue weighted by Crippen LogP contribution is 2.26. The molecule has 0 radical (unpaired) electrons. The van der Waals surface area contributed by atoms with Crippen LogP contribution in [-0.4, -0.2) is 28.8 Å². The molecule has 5 heteroatoms. The predicted molar refractivity (Wildman–Crippen MR) is 91.8 cm³/mol. The van der Waals surface area contributed by atoms with Gasteiger partial charge in [0.1, 0.15) is 0 Å². The van der Waals surface area contributed by atoms with Gasteiger partial charge < -0.3 is 10.2 Å². The van der Waals surface area contributed by atoms with E-state index in [4.69, 9.17) is 0 Å². The van der Waals surface area contributed by atoms with Crippen LogP contribution < -0.4 is 10.2 Å². The summed E-state index contributed by atoms with van der Waals surface area (Å²) in [5, 5.41) is 11.5. The van der Waals surface area contributed by atoms with Gasteiger partial charge in [0, 0.05) is 19.3 Å². The van der Waals surface area contributed by atoms with E-state index < -0.39 is 0 Å². The minimum absolute atomic E-state index is 0.449. The Morgan fingerprint density at radius 1 is 1.23 bits per heavy atom. The summed E-state index contributed by atoms with van der Waals surface area (Å²) in [6.45, 7) is 7.48. The number of anilines is 3. The summed E-state index contributed by atoms with van der Waals surface area (Å²) >= 11 is 0. The average molecular weight is 299 g/mol. The van der Waals surface area contributed by atoms with Gasteiger partial charge in [-0.2, -0.15) is 10.1 Å². The Morgan fingerprint density at radius 2 is 2.00 bits per heavy atom. The smallest absolute Gasteiger partial charge is 0.247 e.